The Morgan fingerprint density at radius 2 is 1.33 bits per heavy atom. The molecule has 1 atom stereocenters. The first-order chi connectivity index (χ1) is 16.2. The monoisotopic (exact) mass is 437 g/mol. The summed E-state index contributed by atoms with van der Waals surface area (Å²) in [6.45, 7) is 2.13. The quantitative estimate of drug-likeness (QED) is 0.284. The number of carbonyl (C=O) groups excluding carboxylic acids is 1. The van der Waals surface area contributed by atoms with Gasteiger partial charge in [-0.15, -0.1) is 0 Å². The predicted molar refractivity (Wildman–Crippen MR) is 131 cm³/mol. The Bertz CT molecular complexity index is 1140. The molecule has 0 amide bonds. The Morgan fingerprint density at radius 1 is 0.727 bits per heavy atom. The lowest BCUT2D eigenvalue weighted by Crippen LogP contribution is -2.17. The van der Waals surface area contributed by atoms with Crippen LogP contribution < -0.4 is 14.8 Å². The molecule has 4 aromatic carbocycles. The number of nitrogens with one attached hydrogen (secondary N) is 1. The Balaban J connectivity index is 1.43. The molecule has 0 aliphatic heterocycles. The Hall–Kier alpha value is -4.05. The molecule has 1 unspecified atom stereocenters. The van der Waals surface area contributed by atoms with E-state index in [4.69, 9.17) is 9.47 Å². The molecule has 0 bridgehead atoms. The van der Waals surface area contributed by atoms with Gasteiger partial charge in [0.1, 0.15) is 23.9 Å². The summed E-state index contributed by atoms with van der Waals surface area (Å²) < 4.78 is 12.2. The van der Waals surface area contributed by atoms with E-state index in [0.29, 0.717) is 13.0 Å². The third-order valence-electron chi connectivity index (χ3n) is 5.13. The molecule has 1 N–H and O–H groups in total. The lowest BCUT2D eigenvalue weighted by atomic mass is 10.1. The molecule has 0 aromatic heterocycles. The summed E-state index contributed by atoms with van der Waals surface area (Å²) in [5.74, 6) is 1.68. The molecule has 0 aliphatic carbocycles. The Labute approximate surface area is 194 Å². The molecule has 4 nitrogen and oxygen atoms in total. The van der Waals surface area contributed by atoms with Crippen molar-refractivity contribution in [1.82, 2.24) is 0 Å². The van der Waals surface area contributed by atoms with E-state index in [1.807, 2.05) is 109 Å². The number of hydrogen-bond donors (Lipinski definition) is 1. The van der Waals surface area contributed by atoms with Gasteiger partial charge in [0.25, 0.3) is 0 Å². The first-order valence-corrected chi connectivity index (χ1v) is 11.0. The normalized spacial score (nSPS) is 11.4. The molecule has 0 spiro atoms. The van der Waals surface area contributed by atoms with Crippen LogP contribution in [0.25, 0.3) is 0 Å². The third-order valence-corrected chi connectivity index (χ3v) is 5.13. The maximum absolute atomic E-state index is 11.4. The minimum atomic E-state index is -0.374. The van der Waals surface area contributed by atoms with E-state index < -0.39 is 0 Å². The van der Waals surface area contributed by atoms with Gasteiger partial charge in [0.05, 0.1) is 0 Å². The van der Waals surface area contributed by atoms with Crippen molar-refractivity contribution in [3.63, 3.8) is 0 Å². The molecular weight excluding hydrogens is 410 g/mol. The van der Waals surface area contributed by atoms with Gasteiger partial charge in [-0.1, -0.05) is 72.8 Å². The van der Waals surface area contributed by atoms with Crippen LogP contribution in [0.3, 0.4) is 0 Å². The van der Waals surface area contributed by atoms with Crippen LogP contribution >= 0.6 is 0 Å². The fraction of sp³-hybridized carbons (Fsp3) is 0.138. The first kappa shape index (κ1) is 22.2. The van der Waals surface area contributed by atoms with E-state index in [0.717, 1.165) is 33.9 Å². The van der Waals surface area contributed by atoms with Gasteiger partial charge in [0.2, 0.25) is 0 Å². The first-order valence-electron chi connectivity index (χ1n) is 11.0. The van der Waals surface area contributed by atoms with Crippen molar-refractivity contribution < 1.29 is 14.3 Å². The highest BCUT2D eigenvalue weighted by atomic mass is 16.5. The van der Waals surface area contributed by atoms with Crippen molar-refractivity contribution in [1.29, 1.82) is 0 Å². The molecule has 33 heavy (non-hydrogen) atoms. The van der Waals surface area contributed by atoms with Crippen LogP contribution in [-0.4, -0.2) is 5.78 Å². The largest absolute Gasteiger partial charge is 0.489 e. The smallest absolute Gasteiger partial charge is 0.196 e. The van der Waals surface area contributed by atoms with E-state index in [1.54, 1.807) is 6.92 Å². The van der Waals surface area contributed by atoms with Crippen molar-refractivity contribution in [3.8, 4) is 11.5 Å². The molecule has 4 aromatic rings. The van der Waals surface area contributed by atoms with Gasteiger partial charge in [-0.2, -0.15) is 0 Å². The number of ether oxygens (including phenoxy) is 2. The minimum absolute atomic E-state index is 0.142. The molecular formula is C29H27NO3. The van der Waals surface area contributed by atoms with Gasteiger partial charge in [0, 0.05) is 17.7 Å². The zero-order valence-electron chi connectivity index (χ0n) is 18.6. The second-order valence-corrected chi connectivity index (χ2v) is 7.87. The fourth-order valence-corrected chi connectivity index (χ4v) is 3.46. The zero-order chi connectivity index (χ0) is 22.9. The van der Waals surface area contributed by atoms with Crippen molar-refractivity contribution in [2.45, 2.75) is 26.2 Å². The van der Waals surface area contributed by atoms with E-state index >= 15 is 0 Å². The van der Waals surface area contributed by atoms with E-state index in [2.05, 4.69) is 5.32 Å². The standard InChI is InChI=1S/C29H27NO3/c1-22(31)20-23-12-16-28(17-13-23)33-29(25-10-6-3-7-11-25)30-26-14-18-27(19-15-26)32-21-24-8-4-2-5-9-24/h2-19,29-30H,20-21H2,1H3. The van der Waals surface area contributed by atoms with Gasteiger partial charge in [-0.25, -0.2) is 0 Å². The van der Waals surface area contributed by atoms with Crippen LogP contribution in [0.5, 0.6) is 11.5 Å². The van der Waals surface area contributed by atoms with Gasteiger partial charge in [-0.05, 0) is 54.4 Å². The number of rotatable bonds is 10. The van der Waals surface area contributed by atoms with Gasteiger partial charge in [-0.3, -0.25) is 4.79 Å². The Kier molecular flexibility index (Phi) is 7.39. The number of benzene rings is 4. The average Bonchev–Trinajstić information content (AvgIpc) is 2.85. The van der Waals surface area contributed by atoms with Crippen LogP contribution in [0.15, 0.2) is 109 Å². The molecule has 0 fully saturated rings. The summed E-state index contributed by atoms with van der Waals surface area (Å²) in [6.07, 6.45) is 0.0558. The maximum Gasteiger partial charge on any atom is 0.196 e. The predicted octanol–water partition coefficient (Wildman–Crippen LogP) is 6.59. The minimum Gasteiger partial charge on any atom is -0.489 e. The number of anilines is 1. The lowest BCUT2D eigenvalue weighted by molar-refractivity contribution is -0.116. The molecule has 4 rings (SSSR count). The Morgan fingerprint density at radius 3 is 1.97 bits per heavy atom. The van der Waals surface area contributed by atoms with Gasteiger partial charge < -0.3 is 14.8 Å². The highest BCUT2D eigenvalue weighted by Crippen LogP contribution is 2.26. The molecule has 0 saturated carbocycles. The lowest BCUT2D eigenvalue weighted by Gasteiger charge is -2.22. The summed E-state index contributed by atoms with van der Waals surface area (Å²) in [6, 6.07) is 35.6. The van der Waals surface area contributed by atoms with Crippen molar-refractivity contribution >= 4 is 11.5 Å². The number of ketones is 1. The van der Waals surface area contributed by atoms with Gasteiger partial charge in [0.15, 0.2) is 6.23 Å². The fourth-order valence-electron chi connectivity index (χ4n) is 3.46. The van der Waals surface area contributed by atoms with Crippen molar-refractivity contribution in [2.24, 2.45) is 0 Å². The highest BCUT2D eigenvalue weighted by molar-refractivity contribution is 5.78. The second kappa shape index (κ2) is 11.0. The summed E-state index contributed by atoms with van der Waals surface area (Å²) in [5.41, 5.74) is 4.04. The number of Topliss-reactive ketones (excluding diaryl/α,β-unsaturated/α-hetero) is 1. The van der Waals surface area contributed by atoms with Crippen LogP contribution in [0.4, 0.5) is 5.69 Å². The molecule has 0 aliphatic rings. The third kappa shape index (κ3) is 6.71. The number of hydrogen-bond acceptors (Lipinski definition) is 4. The maximum atomic E-state index is 11.4. The van der Waals surface area contributed by atoms with E-state index in [9.17, 15) is 4.79 Å². The molecule has 4 heteroatoms. The zero-order valence-corrected chi connectivity index (χ0v) is 18.6. The average molecular weight is 438 g/mol. The van der Waals surface area contributed by atoms with Crippen LogP contribution in [0.1, 0.15) is 29.8 Å². The van der Waals surface area contributed by atoms with Crippen LogP contribution in [0, 0.1) is 0 Å². The molecule has 0 heterocycles. The summed E-state index contributed by atoms with van der Waals surface area (Å²) in [7, 11) is 0. The number of carbonyl (C=O) groups is 1. The summed E-state index contributed by atoms with van der Waals surface area (Å²) >= 11 is 0. The van der Waals surface area contributed by atoms with Crippen LogP contribution in [0.2, 0.25) is 0 Å². The van der Waals surface area contributed by atoms with Crippen molar-refractivity contribution in [3.05, 3.63) is 126 Å². The summed E-state index contributed by atoms with van der Waals surface area (Å²) in [4.78, 5) is 11.4. The van der Waals surface area contributed by atoms with Crippen molar-refractivity contribution in [2.75, 3.05) is 5.32 Å². The summed E-state index contributed by atoms with van der Waals surface area (Å²) in [5, 5.41) is 3.46. The molecule has 166 valence electrons. The van der Waals surface area contributed by atoms with E-state index in [-0.39, 0.29) is 12.0 Å². The topological polar surface area (TPSA) is 47.6 Å². The molecule has 0 radical (unpaired) electrons. The highest BCUT2D eigenvalue weighted by Gasteiger charge is 2.13. The second-order valence-electron chi connectivity index (χ2n) is 7.87. The molecule has 0 saturated heterocycles. The SMILES string of the molecule is CC(=O)Cc1ccc(OC(Nc2ccc(OCc3ccccc3)cc2)c2ccccc2)cc1. The van der Waals surface area contributed by atoms with Crippen LogP contribution in [-0.2, 0) is 17.8 Å². The van der Waals surface area contributed by atoms with Gasteiger partial charge >= 0.3 is 0 Å². The van der Waals surface area contributed by atoms with E-state index in [1.165, 1.54) is 0 Å².